The summed E-state index contributed by atoms with van der Waals surface area (Å²) in [6.45, 7) is 0. The zero-order valence-electron chi connectivity index (χ0n) is 9.83. The molecule has 0 fully saturated rings. The second-order valence-corrected chi connectivity index (χ2v) is 5.76. The van der Waals surface area contributed by atoms with Crippen LogP contribution in [-0.2, 0) is 0 Å². The lowest BCUT2D eigenvalue weighted by atomic mass is 10.2. The predicted octanol–water partition coefficient (Wildman–Crippen LogP) is 4.71. The standard InChI is InChI=1S/C14H10Br2N2O/c15-13-7-6-12(19-13)14(16)10-8-17-18(9-10)11-4-2-1-3-5-11/h1-9,14H. The third-order valence-corrected chi connectivity index (χ3v) is 4.17. The van der Waals surface area contributed by atoms with Crippen LogP contribution < -0.4 is 0 Å². The molecule has 0 radical (unpaired) electrons. The summed E-state index contributed by atoms with van der Waals surface area (Å²) in [6.07, 6.45) is 3.83. The van der Waals surface area contributed by atoms with Gasteiger partial charge in [-0.05, 0) is 40.2 Å². The average molecular weight is 382 g/mol. The van der Waals surface area contributed by atoms with Gasteiger partial charge >= 0.3 is 0 Å². The highest BCUT2D eigenvalue weighted by atomic mass is 79.9. The van der Waals surface area contributed by atoms with Crippen molar-refractivity contribution in [1.29, 1.82) is 0 Å². The van der Waals surface area contributed by atoms with Gasteiger partial charge in [0.2, 0.25) is 0 Å². The van der Waals surface area contributed by atoms with Crippen molar-refractivity contribution in [3.8, 4) is 5.69 Å². The predicted molar refractivity (Wildman–Crippen MR) is 80.7 cm³/mol. The van der Waals surface area contributed by atoms with Crippen LogP contribution in [0.4, 0.5) is 0 Å². The van der Waals surface area contributed by atoms with E-state index >= 15 is 0 Å². The molecule has 0 aliphatic heterocycles. The van der Waals surface area contributed by atoms with Crippen LogP contribution in [0.2, 0.25) is 0 Å². The first-order valence-corrected chi connectivity index (χ1v) is 7.44. The Morgan fingerprint density at radius 2 is 1.89 bits per heavy atom. The molecule has 1 aromatic carbocycles. The maximum Gasteiger partial charge on any atom is 0.169 e. The van der Waals surface area contributed by atoms with E-state index < -0.39 is 0 Å². The maximum absolute atomic E-state index is 5.55. The molecule has 1 unspecified atom stereocenters. The molecular formula is C14H10Br2N2O. The van der Waals surface area contributed by atoms with Crippen LogP contribution in [0.15, 0.2) is 63.9 Å². The zero-order chi connectivity index (χ0) is 13.2. The van der Waals surface area contributed by atoms with Crippen molar-refractivity contribution in [2.75, 3.05) is 0 Å². The smallest absolute Gasteiger partial charge is 0.169 e. The molecule has 0 saturated heterocycles. The molecule has 1 atom stereocenters. The zero-order valence-corrected chi connectivity index (χ0v) is 13.0. The van der Waals surface area contributed by atoms with Crippen LogP contribution >= 0.6 is 31.9 Å². The van der Waals surface area contributed by atoms with Crippen LogP contribution in [0.3, 0.4) is 0 Å². The first-order chi connectivity index (χ1) is 9.24. The Bertz CT molecular complexity index is 676. The summed E-state index contributed by atoms with van der Waals surface area (Å²) in [5, 5.41) is 4.37. The van der Waals surface area contributed by atoms with E-state index in [9.17, 15) is 0 Å². The number of furan rings is 1. The van der Waals surface area contributed by atoms with Crippen LogP contribution in [0.25, 0.3) is 5.69 Å². The summed E-state index contributed by atoms with van der Waals surface area (Å²) in [4.78, 5) is -0.00346. The highest BCUT2D eigenvalue weighted by Gasteiger charge is 2.16. The minimum Gasteiger partial charge on any atom is -0.453 e. The Balaban J connectivity index is 1.89. The summed E-state index contributed by atoms with van der Waals surface area (Å²) < 4.78 is 8.12. The van der Waals surface area contributed by atoms with Crippen molar-refractivity contribution >= 4 is 31.9 Å². The molecule has 3 rings (SSSR count). The SMILES string of the molecule is Brc1ccc(C(Br)c2cnn(-c3ccccc3)c2)o1. The molecule has 0 spiro atoms. The molecule has 2 aromatic heterocycles. The Hall–Kier alpha value is -1.33. The Kier molecular flexibility index (Phi) is 3.57. The number of para-hydroxylation sites is 1. The van der Waals surface area contributed by atoms with E-state index in [-0.39, 0.29) is 4.83 Å². The first-order valence-electron chi connectivity index (χ1n) is 5.73. The lowest BCUT2D eigenvalue weighted by molar-refractivity contribution is 0.497. The van der Waals surface area contributed by atoms with Gasteiger partial charge in [0.1, 0.15) is 10.6 Å². The fourth-order valence-corrected chi connectivity index (χ4v) is 2.62. The molecule has 0 saturated carbocycles. The molecule has 3 nitrogen and oxygen atoms in total. The third-order valence-electron chi connectivity index (χ3n) is 2.76. The van der Waals surface area contributed by atoms with Gasteiger partial charge < -0.3 is 4.42 Å². The number of hydrogen-bond acceptors (Lipinski definition) is 2. The maximum atomic E-state index is 5.55. The molecule has 2 heterocycles. The van der Waals surface area contributed by atoms with E-state index in [4.69, 9.17) is 4.42 Å². The average Bonchev–Trinajstić information content (AvgIpc) is 3.08. The number of hydrogen-bond donors (Lipinski definition) is 0. The summed E-state index contributed by atoms with van der Waals surface area (Å²) in [7, 11) is 0. The number of halogens is 2. The minimum atomic E-state index is -0.00346. The second kappa shape index (κ2) is 5.35. The summed E-state index contributed by atoms with van der Waals surface area (Å²) >= 11 is 6.93. The number of rotatable bonds is 3. The van der Waals surface area contributed by atoms with Crippen LogP contribution in [0.5, 0.6) is 0 Å². The lowest BCUT2D eigenvalue weighted by Crippen LogP contribution is -1.93. The van der Waals surface area contributed by atoms with Gasteiger partial charge in [0, 0.05) is 11.8 Å². The van der Waals surface area contributed by atoms with E-state index in [1.807, 2.05) is 59.5 Å². The number of alkyl halides is 1. The van der Waals surface area contributed by atoms with Gasteiger partial charge in [0.15, 0.2) is 4.67 Å². The van der Waals surface area contributed by atoms with Gasteiger partial charge in [-0.2, -0.15) is 5.10 Å². The fourth-order valence-electron chi connectivity index (χ4n) is 1.82. The molecule has 0 amide bonds. The molecule has 0 bridgehead atoms. The molecule has 3 aromatic rings. The van der Waals surface area contributed by atoms with Gasteiger partial charge in [-0.1, -0.05) is 34.1 Å². The second-order valence-electron chi connectivity index (χ2n) is 4.06. The van der Waals surface area contributed by atoms with Crippen LogP contribution in [0.1, 0.15) is 16.2 Å². The van der Waals surface area contributed by atoms with Crippen molar-refractivity contribution in [3.63, 3.8) is 0 Å². The first kappa shape index (κ1) is 12.7. The van der Waals surface area contributed by atoms with E-state index in [0.717, 1.165) is 21.7 Å². The van der Waals surface area contributed by atoms with Crippen molar-refractivity contribution in [1.82, 2.24) is 9.78 Å². The quantitative estimate of drug-likeness (QED) is 0.615. The highest BCUT2D eigenvalue weighted by molar-refractivity contribution is 9.10. The number of nitrogens with zero attached hydrogens (tertiary/aromatic N) is 2. The number of benzene rings is 1. The van der Waals surface area contributed by atoms with E-state index in [0.29, 0.717) is 0 Å². The van der Waals surface area contributed by atoms with Crippen molar-refractivity contribution < 1.29 is 4.42 Å². The summed E-state index contributed by atoms with van der Waals surface area (Å²) in [5.74, 6) is 0.847. The van der Waals surface area contributed by atoms with Gasteiger partial charge in [-0.15, -0.1) is 0 Å². The van der Waals surface area contributed by atoms with Crippen LogP contribution in [-0.4, -0.2) is 9.78 Å². The van der Waals surface area contributed by atoms with E-state index in [1.165, 1.54) is 0 Å². The van der Waals surface area contributed by atoms with E-state index in [2.05, 4.69) is 37.0 Å². The largest absolute Gasteiger partial charge is 0.453 e. The molecule has 96 valence electrons. The topological polar surface area (TPSA) is 31.0 Å². The molecule has 0 aliphatic rings. The Morgan fingerprint density at radius 1 is 1.11 bits per heavy atom. The van der Waals surface area contributed by atoms with Gasteiger partial charge in [-0.3, -0.25) is 0 Å². The van der Waals surface area contributed by atoms with E-state index in [1.54, 1.807) is 0 Å². The molecule has 19 heavy (non-hydrogen) atoms. The molecular weight excluding hydrogens is 372 g/mol. The van der Waals surface area contributed by atoms with Gasteiger partial charge in [0.05, 0.1) is 11.9 Å². The van der Waals surface area contributed by atoms with Gasteiger partial charge in [-0.25, -0.2) is 4.68 Å². The highest BCUT2D eigenvalue weighted by Crippen LogP contribution is 2.33. The Labute approximate surface area is 127 Å². The summed E-state index contributed by atoms with van der Waals surface area (Å²) in [6, 6.07) is 13.8. The molecule has 5 heteroatoms. The molecule has 0 aliphatic carbocycles. The monoisotopic (exact) mass is 380 g/mol. The normalized spacial score (nSPS) is 12.5. The lowest BCUT2D eigenvalue weighted by Gasteiger charge is -2.03. The van der Waals surface area contributed by atoms with Crippen molar-refractivity contribution in [2.45, 2.75) is 4.83 Å². The van der Waals surface area contributed by atoms with Gasteiger partial charge in [0.25, 0.3) is 0 Å². The fraction of sp³-hybridized carbons (Fsp3) is 0.0714. The number of aromatic nitrogens is 2. The minimum absolute atomic E-state index is 0.00346. The Morgan fingerprint density at radius 3 is 2.58 bits per heavy atom. The van der Waals surface area contributed by atoms with Crippen molar-refractivity contribution in [3.05, 3.63) is 70.9 Å². The van der Waals surface area contributed by atoms with Crippen molar-refractivity contribution in [2.24, 2.45) is 0 Å². The molecule has 0 N–H and O–H groups in total. The van der Waals surface area contributed by atoms with Crippen LogP contribution in [0, 0.1) is 0 Å². The summed E-state index contributed by atoms with van der Waals surface area (Å²) in [5.41, 5.74) is 2.08. The third kappa shape index (κ3) is 2.67.